The summed E-state index contributed by atoms with van der Waals surface area (Å²) in [5, 5.41) is 3.19. The second-order valence-corrected chi connectivity index (χ2v) is 6.62. The van der Waals surface area contributed by atoms with Crippen molar-refractivity contribution in [2.24, 2.45) is 0 Å². The molecule has 0 radical (unpaired) electrons. The number of rotatable bonds is 8. The van der Waals surface area contributed by atoms with Crippen LogP contribution in [0.2, 0.25) is 0 Å². The highest BCUT2D eigenvalue weighted by atomic mass is 32.2. The van der Waals surface area contributed by atoms with Crippen LogP contribution in [-0.4, -0.2) is 59.2 Å². The van der Waals surface area contributed by atoms with Gasteiger partial charge in [0.2, 0.25) is 10.0 Å². The lowest BCUT2D eigenvalue weighted by atomic mass is 10.3. The van der Waals surface area contributed by atoms with Gasteiger partial charge >= 0.3 is 0 Å². The lowest BCUT2D eigenvalue weighted by molar-refractivity contribution is -0.0846. The maximum Gasteiger partial charge on any atom is 0.211 e. The second kappa shape index (κ2) is 8.06. The van der Waals surface area contributed by atoms with Crippen molar-refractivity contribution in [3.8, 4) is 0 Å². The molecule has 1 atom stereocenters. The molecule has 1 unspecified atom stereocenters. The van der Waals surface area contributed by atoms with Gasteiger partial charge in [-0.15, -0.1) is 0 Å². The average Bonchev–Trinajstić information content (AvgIpc) is 2.34. The third kappa shape index (κ3) is 7.27. The van der Waals surface area contributed by atoms with Crippen molar-refractivity contribution in [2.75, 3.05) is 38.7 Å². The topological polar surface area (TPSA) is 76.7 Å². The molecular formula is C11H24N2O4S. The minimum Gasteiger partial charge on any atom is -0.376 e. The van der Waals surface area contributed by atoms with Crippen LogP contribution in [0.25, 0.3) is 0 Å². The summed E-state index contributed by atoms with van der Waals surface area (Å²) >= 11 is 0. The average molecular weight is 280 g/mol. The summed E-state index contributed by atoms with van der Waals surface area (Å²) in [4.78, 5) is 0. The van der Waals surface area contributed by atoms with Crippen LogP contribution in [0.3, 0.4) is 0 Å². The van der Waals surface area contributed by atoms with Gasteiger partial charge in [-0.1, -0.05) is 13.8 Å². The summed E-state index contributed by atoms with van der Waals surface area (Å²) in [6, 6.07) is 0.383. The normalized spacial score (nSPS) is 21.4. The van der Waals surface area contributed by atoms with Gasteiger partial charge in [0.05, 0.1) is 31.7 Å². The molecule has 0 aromatic heterocycles. The van der Waals surface area contributed by atoms with Crippen LogP contribution in [0.1, 0.15) is 20.3 Å². The highest BCUT2D eigenvalue weighted by molar-refractivity contribution is 7.89. The highest BCUT2D eigenvalue weighted by Gasteiger charge is 2.17. The number of nitrogens with one attached hydrogen (secondary N) is 2. The molecule has 0 aliphatic carbocycles. The SMILES string of the molecule is CC(C)NCCCS(=O)(=O)NCC1COCCO1. The quantitative estimate of drug-likeness (QED) is 0.598. The summed E-state index contributed by atoms with van der Waals surface area (Å²) in [5.74, 6) is 0.139. The van der Waals surface area contributed by atoms with Crippen LogP contribution in [0, 0.1) is 0 Å². The Hall–Kier alpha value is -0.210. The molecule has 6 nitrogen and oxygen atoms in total. The zero-order valence-corrected chi connectivity index (χ0v) is 12.0. The van der Waals surface area contributed by atoms with Gasteiger partial charge in [0.15, 0.2) is 0 Å². The number of hydrogen-bond donors (Lipinski definition) is 2. The summed E-state index contributed by atoms with van der Waals surface area (Å²) in [6.45, 7) is 6.65. The van der Waals surface area contributed by atoms with Crippen molar-refractivity contribution < 1.29 is 17.9 Å². The summed E-state index contributed by atoms with van der Waals surface area (Å²) in [7, 11) is -3.20. The molecule has 18 heavy (non-hydrogen) atoms. The molecule has 1 aliphatic rings. The summed E-state index contributed by atoms with van der Waals surface area (Å²) < 4.78 is 36.5. The van der Waals surface area contributed by atoms with Gasteiger partial charge in [0.25, 0.3) is 0 Å². The summed E-state index contributed by atoms with van der Waals surface area (Å²) in [5.41, 5.74) is 0. The number of sulfonamides is 1. The molecule has 0 bridgehead atoms. The maximum absolute atomic E-state index is 11.7. The molecule has 7 heteroatoms. The minimum atomic E-state index is -3.20. The van der Waals surface area contributed by atoms with Gasteiger partial charge < -0.3 is 14.8 Å². The van der Waals surface area contributed by atoms with Gasteiger partial charge in [-0.25, -0.2) is 13.1 Å². The number of hydrogen-bond acceptors (Lipinski definition) is 5. The second-order valence-electron chi connectivity index (χ2n) is 4.70. The van der Waals surface area contributed by atoms with E-state index >= 15 is 0 Å². The van der Waals surface area contributed by atoms with Crippen molar-refractivity contribution in [3.63, 3.8) is 0 Å². The minimum absolute atomic E-state index is 0.139. The first-order valence-electron chi connectivity index (χ1n) is 6.39. The van der Waals surface area contributed by atoms with E-state index in [9.17, 15) is 8.42 Å². The fourth-order valence-electron chi connectivity index (χ4n) is 1.60. The predicted molar refractivity (Wildman–Crippen MR) is 70.1 cm³/mol. The fourth-order valence-corrected chi connectivity index (χ4v) is 2.71. The van der Waals surface area contributed by atoms with E-state index in [1.54, 1.807) is 0 Å². The Morgan fingerprint density at radius 1 is 1.33 bits per heavy atom. The molecule has 2 N–H and O–H groups in total. The van der Waals surface area contributed by atoms with Crippen LogP contribution in [0.4, 0.5) is 0 Å². The molecule has 1 aliphatic heterocycles. The first-order chi connectivity index (χ1) is 8.49. The molecule has 0 aromatic carbocycles. The Morgan fingerprint density at radius 3 is 2.72 bits per heavy atom. The van der Waals surface area contributed by atoms with Gasteiger partial charge in [-0.3, -0.25) is 0 Å². The Balaban J connectivity index is 2.14. The molecule has 1 heterocycles. The van der Waals surface area contributed by atoms with E-state index in [1.807, 2.05) is 13.8 Å². The molecule has 108 valence electrons. The van der Waals surface area contributed by atoms with Crippen molar-refractivity contribution in [2.45, 2.75) is 32.4 Å². The molecule has 0 spiro atoms. The van der Waals surface area contributed by atoms with E-state index < -0.39 is 10.0 Å². The van der Waals surface area contributed by atoms with E-state index in [1.165, 1.54) is 0 Å². The molecule has 0 amide bonds. The zero-order chi connectivity index (χ0) is 13.4. The van der Waals surface area contributed by atoms with E-state index in [4.69, 9.17) is 9.47 Å². The van der Waals surface area contributed by atoms with Gasteiger partial charge in [0.1, 0.15) is 0 Å². The van der Waals surface area contributed by atoms with Crippen molar-refractivity contribution >= 4 is 10.0 Å². The van der Waals surface area contributed by atoms with Crippen molar-refractivity contribution in [1.29, 1.82) is 0 Å². The highest BCUT2D eigenvalue weighted by Crippen LogP contribution is 2.00. The zero-order valence-electron chi connectivity index (χ0n) is 11.1. The Morgan fingerprint density at radius 2 is 2.11 bits per heavy atom. The number of ether oxygens (including phenoxy) is 2. The molecular weight excluding hydrogens is 256 g/mol. The molecule has 1 fully saturated rings. The van der Waals surface area contributed by atoms with Crippen LogP contribution in [0.5, 0.6) is 0 Å². The standard InChI is InChI=1S/C11H24N2O4S/c1-10(2)12-4-3-7-18(14,15)13-8-11-9-16-5-6-17-11/h10-13H,3-9H2,1-2H3. The first kappa shape index (κ1) is 15.8. The Labute approximate surface area is 109 Å². The molecule has 0 saturated carbocycles. The largest absolute Gasteiger partial charge is 0.376 e. The van der Waals surface area contributed by atoms with Gasteiger partial charge in [-0.2, -0.15) is 0 Å². The smallest absolute Gasteiger partial charge is 0.211 e. The van der Waals surface area contributed by atoms with E-state index in [-0.39, 0.29) is 11.9 Å². The van der Waals surface area contributed by atoms with Crippen molar-refractivity contribution in [3.05, 3.63) is 0 Å². The van der Waals surface area contributed by atoms with Crippen LogP contribution >= 0.6 is 0 Å². The van der Waals surface area contributed by atoms with Gasteiger partial charge in [-0.05, 0) is 13.0 Å². The molecule has 1 rings (SSSR count). The van der Waals surface area contributed by atoms with Gasteiger partial charge in [0, 0.05) is 12.6 Å². The monoisotopic (exact) mass is 280 g/mol. The fraction of sp³-hybridized carbons (Fsp3) is 1.00. The Kier molecular flexibility index (Phi) is 7.10. The van der Waals surface area contributed by atoms with Crippen molar-refractivity contribution in [1.82, 2.24) is 10.0 Å². The van der Waals surface area contributed by atoms with E-state index in [2.05, 4.69) is 10.0 Å². The third-order valence-corrected chi connectivity index (χ3v) is 3.99. The predicted octanol–water partition coefficient (Wildman–Crippen LogP) is -0.291. The first-order valence-corrected chi connectivity index (χ1v) is 8.05. The summed E-state index contributed by atoms with van der Waals surface area (Å²) in [6.07, 6.45) is 0.442. The molecule has 0 aromatic rings. The van der Waals surface area contributed by atoms with Crippen LogP contribution in [0.15, 0.2) is 0 Å². The third-order valence-electron chi connectivity index (χ3n) is 2.56. The lowest BCUT2D eigenvalue weighted by Gasteiger charge is -2.23. The Bertz CT molecular complexity index is 313. The van der Waals surface area contributed by atoms with Crippen LogP contribution < -0.4 is 10.0 Å². The lowest BCUT2D eigenvalue weighted by Crippen LogP contribution is -2.40. The van der Waals surface area contributed by atoms with Crippen LogP contribution in [-0.2, 0) is 19.5 Å². The molecule has 1 saturated heterocycles. The van der Waals surface area contributed by atoms with E-state index in [0.717, 1.165) is 0 Å². The van der Waals surface area contributed by atoms with E-state index in [0.29, 0.717) is 45.4 Å². The maximum atomic E-state index is 11.7.